The maximum Gasteiger partial charge on any atom is 0.257 e. The van der Waals surface area contributed by atoms with E-state index in [2.05, 4.69) is 15.6 Å². The molecular formula is C26H16Cl5N3O2. The number of nitrogens with one attached hydrogen (secondary N) is 2. The standard InChI is InChI=1S/C26H16Cl5N3O2/c27-15-8-14(9-16(28)10-15)22-23(26(22,30)31)25(36)34-17-5-6-20(29)19(11-17)24(35)33-18-4-3-13-2-1-7-32-21(13)12-18/h1-12,22-23H,(H,33,35)(H,34,36)/t22-,23+/m1/s1. The van der Waals surface area contributed by atoms with E-state index in [1.807, 2.05) is 18.2 Å². The van der Waals surface area contributed by atoms with Gasteiger partial charge in [-0.3, -0.25) is 14.6 Å². The molecule has 182 valence electrons. The summed E-state index contributed by atoms with van der Waals surface area (Å²) in [4.78, 5) is 30.3. The summed E-state index contributed by atoms with van der Waals surface area (Å²) in [6.07, 6.45) is 1.68. The van der Waals surface area contributed by atoms with E-state index in [1.54, 1.807) is 42.6 Å². The Hall–Kier alpha value is -2.54. The Morgan fingerprint density at radius 1 is 0.833 bits per heavy atom. The number of fused-ring (bicyclic) bond motifs is 1. The third-order valence-corrected chi connectivity index (χ3v) is 7.63. The molecule has 1 fully saturated rings. The second-order valence-corrected chi connectivity index (χ2v) is 11.1. The lowest BCUT2D eigenvalue weighted by molar-refractivity contribution is -0.117. The van der Waals surface area contributed by atoms with Crippen LogP contribution in [-0.4, -0.2) is 21.1 Å². The van der Waals surface area contributed by atoms with Crippen molar-refractivity contribution in [3.63, 3.8) is 0 Å². The first-order valence-electron chi connectivity index (χ1n) is 10.7. The second-order valence-electron chi connectivity index (χ2n) is 8.38. The van der Waals surface area contributed by atoms with E-state index in [9.17, 15) is 9.59 Å². The summed E-state index contributed by atoms with van der Waals surface area (Å²) in [5, 5.41) is 7.61. The van der Waals surface area contributed by atoms with Gasteiger partial charge in [0.15, 0.2) is 0 Å². The first kappa shape index (κ1) is 25.1. The van der Waals surface area contributed by atoms with Crippen molar-refractivity contribution < 1.29 is 9.59 Å². The molecule has 0 bridgehead atoms. The van der Waals surface area contributed by atoms with Crippen LogP contribution in [0.1, 0.15) is 21.8 Å². The first-order chi connectivity index (χ1) is 17.1. The highest BCUT2D eigenvalue weighted by Gasteiger charge is 2.67. The number of carbonyl (C=O) groups excluding carboxylic acids is 2. The van der Waals surface area contributed by atoms with Gasteiger partial charge in [0.2, 0.25) is 5.91 Å². The number of aromatic nitrogens is 1. The molecule has 1 aliphatic rings. The molecule has 2 N–H and O–H groups in total. The number of carbonyl (C=O) groups is 2. The number of hydrogen-bond donors (Lipinski definition) is 2. The molecule has 0 spiro atoms. The monoisotopic (exact) mass is 577 g/mol. The van der Waals surface area contributed by atoms with Gasteiger partial charge in [0.05, 0.1) is 22.0 Å². The summed E-state index contributed by atoms with van der Waals surface area (Å²) in [6.45, 7) is 0. The van der Waals surface area contributed by atoms with Gasteiger partial charge in [-0.1, -0.05) is 46.9 Å². The fourth-order valence-electron chi connectivity index (χ4n) is 4.16. The number of rotatable bonds is 5. The summed E-state index contributed by atoms with van der Waals surface area (Å²) in [6, 6.07) is 18.7. The van der Waals surface area contributed by atoms with Crippen LogP contribution in [0.15, 0.2) is 72.9 Å². The molecule has 5 rings (SSSR count). The number of pyridine rings is 1. The quantitative estimate of drug-likeness (QED) is 0.236. The summed E-state index contributed by atoms with van der Waals surface area (Å²) in [7, 11) is 0. The van der Waals surface area contributed by atoms with Crippen LogP contribution in [0.2, 0.25) is 15.1 Å². The van der Waals surface area contributed by atoms with E-state index >= 15 is 0 Å². The van der Waals surface area contributed by atoms with Crippen molar-refractivity contribution >= 4 is 92.1 Å². The molecule has 2 atom stereocenters. The van der Waals surface area contributed by atoms with Crippen LogP contribution >= 0.6 is 58.0 Å². The maximum absolute atomic E-state index is 13.0. The van der Waals surface area contributed by atoms with Crippen molar-refractivity contribution in [3.8, 4) is 0 Å². The van der Waals surface area contributed by atoms with E-state index < -0.39 is 28.0 Å². The minimum atomic E-state index is -1.32. The summed E-state index contributed by atoms with van der Waals surface area (Å²) in [5.41, 5.74) is 2.53. The van der Waals surface area contributed by atoms with Gasteiger partial charge < -0.3 is 10.6 Å². The van der Waals surface area contributed by atoms with Crippen LogP contribution in [0.3, 0.4) is 0 Å². The lowest BCUT2D eigenvalue weighted by Crippen LogP contribution is -2.18. The van der Waals surface area contributed by atoms with Crippen LogP contribution in [0.25, 0.3) is 10.9 Å². The Morgan fingerprint density at radius 3 is 2.28 bits per heavy atom. The van der Waals surface area contributed by atoms with Crippen LogP contribution in [0.5, 0.6) is 0 Å². The highest BCUT2D eigenvalue weighted by Crippen LogP contribution is 2.65. The van der Waals surface area contributed by atoms with Crippen LogP contribution < -0.4 is 10.6 Å². The Labute approximate surface area is 231 Å². The predicted octanol–water partition coefficient (Wildman–Crippen LogP) is 7.97. The van der Waals surface area contributed by atoms with Gasteiger partial charge in [0, 0.05) is 38.9 Å². The Morgan fingerprint density at radius 2 is 1.53 bits per heavy atom. The molecule has 3 aromatic carbocycles. The van der Waals surface area contributed by atoms with Crippen LogP contribution in [0, 0.1) is 5.92 Å². The molecule has 1 aromatic heterocycles. The van der Waals surface area contributed by atoms with Gasteiger partial charge in [-0.05, 0) is 60.2 Å². The highest BCUT2D eigenvalue weighted by molar-refractivity contribution is 6.53. The van der Waals surface area contributed by atoms with Gasteiger partial charge in [0.25, 0.3) is 5.91 Å². The molecule has 4 aromatic rings. The SMILES string of the molecule is O=C(Nc1ccc2cccnc2c1)c1cc(NC(=O)[C@@H]2[C@@H](c3cc(Cl)cc(Cl)c3)C2(Cl)Cl)ccc1Cl. The van der Waals surface area contributed by atoms with Crippen LogP contribution in [-0.2, 0) is 4.79 Å². The average molecular weight is 580 g/mol. The Kier molecular flexibility index (Phi) is 6.79. The second kappa shape index (κ2) is 9.73. The minimum absolute atomic E-state index is 0.188. The number of amides is 2. The smallest absolute Gasteiger partial charge is 0.257 e. The van der Waals surface area contributed by atoms with Crippen molar-refractivity contribution in [2.24, 2.45) is 5.92 Å². The zero-order valence-electron chi connectivity index (χ0n) is 18.2. The zero-order valence-corrected chi connectivity index (χ0v) is 22.0. The molecular weight excluding hydrogens is 564 g/mol. The molecule has 36 heavy (non-hydrogen) atoms. The number of hydrogen-bond acceptors (Lipinski definition) is 3. The number of alkyl halides is 2. The van der Waals surface area contributed by atoms with Gasteiger partial charge in [-0.2, -0.15) is 0 Å². The summed E-state index contributed by atoms with van der Waals surface area (Å²) in [5.74, 6) is -2.08. The lowest BCUT2D eigenvalue weighted by Gasteiger charge is -2.11. The first-order valence-corrected chi connectivity index (χ1v) is 12.6. The molecule has 0 saturated heterocycles. The molecule has 10 heteroatoms. The number of halogens is 5. The van der Waals surface area contributed by atoms with Gasteiger partial charge >= 0.3 is 0 Å². The summed E-state index contributed by atoms with van der Waals surface area (Å²) >= 11 is 31.4. The van der Waals surface area contributed by atoms with E-state index in [-0.39, 0.29) is 10.6 Å². The predicted molar refractivity (Wildman–Crippen MR) is 147 cm³/mol. The summed E-state index contributed by atoms with van der Waals surface area (Å²) < 4.78 is -1.32. The van der Waals surface area contributed by atoms with Crippen molar-refractivity contribution in [1.82, 2.24) is 4.98 Å². The third-order valence-electron chi connectivity index (χ3n) is 5.92. The van der Waals surface area contributed by atoms with Crippen molar-refractivity contribution in [3.05, 3.63) is 99.1 Å². The fourth-order valence-corrected chi connectivity index (χ4v) is 5.74. The number of nitrogens with zero attached hydrogens (tertiary/aromatic N) is 1. The largest absolute Gasteiger partial charge is 0.326 e. The van der Waals surface area contributed by atoms with Gasteiger partial charge in [-0.25, -0.2) is 0 Å². The highest BCUT2D eigenvalue weighted by atomic mass is 35.5. The molecule has 1 aliphatic carbocycles. The maximum atomic E-state index is 13.0. The van der Waals surface area contributed by atoms with Gasteiger partial charge in [0.1, 0.15) is 4.33 Å². The van der Waals surface area contributed by atoms with Gasteiger partial charge in [-0.15, -0.1) is 23.2 Å². The van der Waals surface area contributed by atoms with E-state index in [0.29, 0.717) is 27.0 Å². The average Bonchev–Trinajstić information content (AvgIpc) is 3.41. The normalized spacial score (nSPS) is 18.0. The molecule has 1 heterocycles. The lowest BCUT2D eigenvalue weighted by atomic mass is 10.1. The molecule has 0 unspecified atom stereocenters. The van der Waals surface area contributed by atoms with Crippen LogP contribution in [0.4, 0.5) is 11.4 Å². The number of anilines is 2. The Bertz CT molecular complexity index is 1500. The van der Waals surface area contributed by atoms with Crippen molar-refractivity contribution in [2.45, 2.75) is 10.3 Å². The van der Waals surface area contributed by atoms with E-state index in [0.717, 1.165) is 10.9 Å². The topological polar surface area (TPSA) is 71.1 Å². The number of benzene rings is 3. The van der Waals surface area contributed by atoms with E-state index in [1.165, 1.54) is 12.1 Å². The minimum Gasteiger partial charge on any atom is -0.326 e. The molecule has 2 amide bonds. The fraction of sp³-hybridized carbons (Fsp3) is 0.115. The molecule has 0 radical (unpaired) electrons. The third kappa shape index (κ3) is 4.99. The van der Waals surface area contributed by atoms with Crippen molar-refractivity contribution in [2.75, 3.05) is 10.6 Å². The molecule has 0 aliphatic heterocycles. The van der Waals surface area contributed by atoms with E-state index in [4.69, 9.17) is 58.0 Å². The molecule has 1 saturated carbocycles. The zero-order chi connectivity index (χ0) is 25.6. The molecule has 5 nitrogen and oxygen atoms in total. The Balaban J connectivity index is 1.33. The van der Waals surface area contributed by atoms with Crippen molar-refractivity contribution in [1.29, 1.82) is 0 Å².